The van der Waals surface area contributed by atoms with E-state index in [9.17, 15) is 21.6 Å². The quantitative estimate of drug-likeness (QED) is 0.614. The lowest BCUT2D eigenvalue weighted by Gasteiger charge is -2.35. The Morgan fingerprint density at radius 1 is 1.06 bits per heavy atom. The highest BCUT2D eigenvalue weighted by molar-refractivity contribution is 7.91. The molecule has 2 aromatic rings. The molecule has 0 bridgehead atoms. The summed E-state index contributed by atoms with van der Waals surface area (Å²) < 4.78 is 51.2. The molecule has 0 aliphatic carbocycles. The molecular formula is C20H25N3O5S3. The molecule has 0 spiro atoms. The fraction of sp³-hybridized carbons (Fsp3) is 0.450. The van der Waals surface area contributed by atoms with Crippen LogP contribution in [0.5, 0.6) is 0 Å². The van der Waals surface area contributed by atoms with Crippen LogP contribution in [0.25, 0.3) is 0 Å². The van der Waals surface area contributed by atoms with Crippen molar-refractivity contribution in [1.29, 1.82) is 0 Å². The molecule has 1 atom stereocenters. The number of piperazine rings is 1. The third-order valence-electron chi connectivity index (χ3n) is 5.66. The minimum Gasteiger partial charge on any atom is -0.307 e. The number of rotatable bonds is 6. The summed E-state index contributed by atoms with van der Waals surface area (Å²) in [5.74, 6) is -0.101. The Hall–Kier alpha value is -1.79. The van der Waals surface area contributed by atoms with E-state index < -0.39 is 19.9 Å². The number of benzene rings is 1. The lowest BCUT2D eigenvalue weighted by molar-refractivity contribution is -0.120. The van der Waals surface area contributed by atoms with Gasteiger partial charge in [0.2, 0.25) is 5.91 Å². The zero-order valence-electron chi connectivity index (χ0n) is 17.0. The third kappa shape index (κ3) is 5.01. The van der Waals surface area contributed by atoms with Crippen molar-refractivity contribution in [2.45, 2.75) is 16.7 Å². The minimum atomic E-state index is -3.49. The molecule has 1 aromatic heterocycles. The van der Waals surface area contributed by atoms with Crippen molar-refractivity contribution in [3.8, 4) is 0 Å². The molecule has 0 N–H and O–H groups in total. The Labute approximate surface area is 187 Å². The van der Waals surface area contributed by atoms with E-state index in [4.69, 9.17) is 0 Å². The minimum absolute atomic E-state index is 0.0273. The van der Waals surface area contributed by atoms with E-state index in [0.29, 0.717) is 42.5 Å². The maximum atomic E-state index is 13.2. The number of carbonyl (C=O) groups excluding carboxylic acids is 1. The van der Waals surface area contributed by atoms with Gasteiger partial charge in [-0.2, -0.15) is 4.31 Å². The van der Waals surface area contributed by atoms with Crippen LogP contribution in [0.15, 0.2) is 52.1 Å². The van der Waals surface area contributed by atoms with Gasteiger partial charge in [-0.25, -0.2) is 16.8 Å². The fourth-order valence-corrected chi connectivity index (χ4v) is 8.33. The van der Waals surface area contributed by atoms with Crippen molar-refractivity contribution < 1.29 is 21.6 Å². The number of para-hydroxylation sites is 1. The summed E-state index contributed by atoms with van der Waals surface area (Å²) >= 11 is 1.20. The maximum absolute atomic E-state index is 13.2. The topological polar surface area (TPSA) is 95.1 Å². The van der Waals surface area contributed by atoms with Gasteiger partial charge in [-0.05, 0) is 30.0 Å². The summed E-state index contributed by atoms with van der Waals surface area (Å²) in [5.41, 5.74) is 0.688. The molecule has 2 saturated heterocycles. The summed E-state index contributed by atoms with van der Waals surface area (Å²) in [5, 5.41) is 1.74. The second-order valence-corrected chi connectivity index (χ2v) is 13.1. The van der Waals surface area contributed by atoms with Crippen LogP contribution in [0.1, 0.15) is 6.42 Å². The van der Waals surface area contributed by atoms with Crippen LogP contribution >= 0.6 is 11.3 Å². The molecule has 1 unspecified atom stereocenters. The van der Waals surface area contributed by atoms with Gasteiger partial charge in [0.25, 0.3) is 10.0 Å². The summed E-state index contributed by atoms with van der Waals surface area (Å²) in [6.45, 7) is 1.65. The molecular weight excluding hydrogens is 458 g/mol. The van der Waals surface area contributed by atoms with E-state index in [1.165, 1.54) is 15.6 Å². The van der Waals surface area contributed by atoms with Gasteiger partial charge in [0.15, 0.2) is 9.84 Å². The van der Waals surface area contributed by atoms with Crippen molar-refractivity contribution in [3.05, 3.63) is 47.8 Å². The smallest absolute Gasteiger partial charge is 0.252 e. The Kier molecular flexibility index (Phi) is 6.50. The van der Waals surface area contributed by atoms with Crippen molar-refractivity contribution in [2.24, 2.45) is 0 Å². The summed E-state index contributed by atoms with van der Waals surface area (Å²) in [6.07, 6.45) is 0.426. The monoisotopic (exact) mass is 483 g/mol. The molecule has 11 heteroatoms. The maximum Gasteiger partial charge on any atom is 0.252 e. The number of hydrogen-bond acceptors (Lipinski definition) is 7. The van der Waals surface area contributed by atoms with Crippen LogP contribution in [-0.4, -0.2) is 82.2 Å². The van der Waals surface area contributed by atoms with Crippen molar-refractivity contribution in [1.82, 2.24) is 9.21 Å². The average Bonchev–Trinajstić information content (AvgIpc) is 3.40. The number of anilines is 1. The highest BCUT2D eigenvalue weighted by atomic mass is 32.2. The Morgan fingerprint density at radius 3 is 2.35 bits per heavy atom. The van der Waals surface area contributed by atoms with Gasteiger partial charge in [0.05, 0.1) is 24.1 Å². The third-order valence-corrected chi connectivity index (χ3v) is 10.7. The molecule has 1 aromatic carbocycles. The first-order valence-corrected chi connectivity index (χ1v) is 14.2. The Bertz CT molecular complexity index is 1110. The number of hydrogen-bond donors (Lipinski definition) is 0. The molecule has 31 heavy (non-hydrogen) atoms. The SMILES string of the molecule is O=C(CN1CCN(S(=O)(=O)c2cccs2)CC1)N(c1ccccc1)C1CCS(=O)(=O)C1. The zero-order valence-corrected chi connectivity index (χ0v) is 19.4. The predicted octanol–water partition coefficient (Wildman–Crippen LogP) is 1.27. The molecule has 8 nitrogen and oxygen atoms in total. The van der Waals surface area contributed by atoms with Gasteiger partial charge in [-0.1, -0.05) is 24.3 Å². The number of amides is 1. The largest absolute Gasteiger partial charge is 0.307 e. The van der Waals surface area contributed by atoms with Crippen molar-refractivity contribution >= 4 is 42.8 Å². The first-order valence-electron chi connectivity index (χ1n) is 10.1. The van der Waals surface area contributed by atoms with Crippen LogP contribution in [-0.2, 0) is 24.7 Å². The van der Waals surface area contributed by atoms with Crippen LogP contribution in [0.4, 0.5) is 5.69 Å². The Balaban J connectivity index is 1.43. The van der Waals surface area contributed by atoms with Crippen molar-refractivity contribution in [2.75, 3.05) is 49.1 Å². The average molecular weight is 484 g/mol. The molecule has 168 valence electrons. The summed E-state index contributed by atoms with van der Waals surface area (Å²) in [7, 11) is -6.63. The lowest BCUT2D eigenvalue weighted by Crippen LogP contribution is -2.53. The molecule has 0 radical (unpaired) electrons. The van der Waals surface area contributed by atoms with Crippen LogP contribution in [0.2, 0.25) is 0 Å². The molecule has 2 fully saturated rings. The van der Waals surface area contributed by atoms with Gasteiger partial charge in [-0.15, -0.1) is 11.3 Å². The first-order chi connectivity index (χ1) is 14.8. The van der Waals surface area contributed by atoms with Crippen LogP contribution in [0.3, 0.4) is 0 Å². The van der Waals surface area contributed by atoms with E-state index in [1.807, 2.05) is 35.2 Å². The van der Waals surface area contributed by atoms with Gasteiger partial charge >= 0.3 is 0 Å². The van der Waals surface area contributed by atoms with E-state index in [1.54, 1.807) is 22.4 Å². The van der Waals surface area contributed by atoms with Gasteiger partial charge in [0, 0.05) is 31.9 Å². The predicted molar refractivity (Wildman–Crippen MR) is 121 cm³/mol. The molecule has 0 saturated carbocycles. The van der Waals surface area contributed by atoms with E-state index in [-0.39, 0.29) is 30.0 Å². The normalized spacial score (nSPS) is 22.4. The van der Waals surface area contributed by atoms with Crippen LogP contribution in [0, 0.1) is 0 Å². The summed E-state index contributed by atoms with van der Waals surface area (Å²) in [6, 6.07) is 12.1. The van der Waals surface area contributed by atoms with E-state index in [0.717, 1.165) is 0 Å². The second-order valence-electron chi connectivity index (χ2n) is 7.77. The van der Waals surface area contributed by atoms with E-state index in [2.05, 4.69) is 0 Å². The molecule has 4 rings (SSSR count). The van der Waals surface area contributed by atoms with Crippen LogP contribution < -0.4 is 4.90 Å². The standard InChI is InChI=1S/C20H25N3O5S3/c24-19(23(17-5-2-1-3-6-17)18-8-14-30(25,26)16-18)15-21-9-11-22(12-10-21)31(27,28)20-7-4-13-29-20/h1-7,13,18H,8-12,14-16H2. The number of sulfonamides is 1. The lowest BCUT2D eigenvalue weighted by atomic mass is 10.1. The number of nitrogens with zero attached hydrogens (tertiary/aromatic N) is 3. The number of thiophene rings is 1. The van der Waals surface area contributed by atoms with Gasteiger partial charge in [-0.3, -0.25) is 9.69 Å². The van der Waals surface area contributed by atoms with Gasteiger partial charge in [0.1, 0.15) is 4.21 Å². The summed E-state index contributed by atoms with van der Waals surface area (Å²) in [4.78, 5) is 16.8. The number of carbonyl (C=O) groups is 1. The molecule has 1 amide bonds. The van der Waals surface area contributed by atoms with Gasteiger partial charge < -0.3 is 4.90 Å². The first kappa shape index (κ1) is 22.4. The number of sulfone groups is 1. The molecule has 2 aliphatic rings. The molecule has 2 aliphatic heterocycles. The second kappa shape index (κ2) is 8.99. The highest BCUT2D eigenvalue weighted by Gasteiger charge is 2.36. The fourth-order valence-electron chi connectivity index (χ4n) is 4.06. The highest BCUT2D eigenvalue weighted by Crippen LogP contribution is 2.26. The van der Waals surface area contributed by atoms with Crippen molar-refractivity contribution in [3.63, 3.8) is 0 Å². The van der Waals surface area contributed by atoms with E-state index >= 15 is 0 Å². The zero-order chi connectivity index (χ0) is 22.1. The molecule has 3 heterocycles. The Morgan fingerprint density at radius 2 is 1.77 bits per heavy atom.